The van der Waals surface area contributed by atoms with Crippen molar-refractivity contribution in [1.82, 2.24) is 4.98 Å². The molecule has 1 saturated heterocycles. The molecule has 0 unspecified atom stereocenters. The smallest absolute Gasteiger partial charge is 0.274 e. The van der Waals surface area contributed by atoms with Gasteiger partial charge in [0.1, 0.15) is 11.4 Å². The van der Waals surface area contributed by atoms with E-state index in [2.05, 4.69) is 22.1 Å². The summed E-state index contributed by atoms with van der Waals surface area (Å²) in [6.45, 7) is 6.24. The number of pyridine rings is 1. The van der Waals surface area contributed by atoms with E-state index in [1.165, 1.54) is 12.8 Å². The summed E-state index contributed by atoms with van der Waals surface area (Å²) in [5.74, 6) is 1.03. The lowest BCUT2D eigenvalue weighted by atomic mass is 9.99. The van der Waals surface area contributed by atoms with Crippen LogP contribution >= 0.6 is 11.6 Å². The summed E-state index contributed by atoms with van der Waals surface area (Å²) in [7, 11) is 1.54. The quantitative estimate of drug-likeness (QED) is 0.854. The highest BCUT2D eigenvalue weighted by Gasteiger charge is 2.17. The molecule has 26 heavy (non-hydrogen) atoms. The van der Waals surface area contributed by atoms with Gasteiger partial charge in [-0.15, -0.1) is 0 Å². The number of nitrogens with one attached hydrogen (secondary N) is 1. The van der Waals surface area contributed by atoms with Gasteiger partial charge in [-0.05, 0) is 49.4 Å². The van der Waals surface area contributed by atoms with Crippen molar-refractivity contribution in [3.8, 4) is 5.75 Å². The summed E-state index contributed by atoms with van der Waals surface area (Å²) in [4.78, 5) is 19.2. The normalized spacial score (nSPS) is 15.0. The van der Waals surface area contributed by atoms with E-state index < -0.39 is 0 Å². The van der Waals surface area contributed by atoms with Gasteiger partial charge in [-0.25, -0.2) is 4.98 Å². The summed E-state index contributed by atoms with van der Waals surface area (Å²) in [6, 6.07) is 7.21. The highest BCUT2D eigenvalue weighted by atomic mass is 35.5. The number of hydrogen-bond donors (Lipinski definition) is 1. The van der Waals surface area contributed by atoms with Crippen molar-refractivity contribution < 1.29 is 9.53 Å². The topological polar surface area (TPSA) is 54.5 Å². The monoisotopic (exact) mass is 373 g/mol. The van der Waals surface area contributed by atoms with Gasteiger partial charge in [-0.2, -0.15) is 0 Å². The Morgan fingerprint density at radius 1 is 1.31 bits per heavy atom. The maximum atomic E-state index is 12.5. The molecule has 0 saturated carbocycles. The Morgan fingerprint density at radius 3 is 2.65 bits per heavy atom. The zero-order chi connectivity index (χ0) is 18.7. The predicted molar refractivity (Wildman–Crippen MR) is 106 cm³/mol. The number of hydrogen-bond acceptors (Lipinski definition) is 4. The Balaban J connectivity index is 1.72. The lowest BCUT2D eigenvalue weighted by molar-refractivity contribution is 0.102. The number of benzene rings is 1. The lowest BCUT2D eigenvalue weighted by Gasteiger charge is -2.31. The molecule has 1 amide bonds. The first-order valence-electron chi connectivity index (χ1n) is 8.84. The molecule has 0 spiro atoms. The Labute approximate surface area is 159 Å². The molecular formula is C20H24ClN3O2. The molecule has 0 radical (unpaired) electrons. The van der Waals surface area contributed by atoms with E-state index in [1.807, 2.05) is 13.0 Å². The Morgan fingerprint density at radius 2 is 2.04 bits per heavy atom. The molecule has 1 aliphatic heterocycles. The average Bonchev–Trinajstić information content (AvgIpc) is 2.65. The number of aryl methyl sites for hydroxylation is 1. The van der Waals surface area contributed by atoms with Crippen LogP contribution in [0.2, 0.25) is 5.02 Å². The molecule has 0 aliphatic carbocycles. The Hall–Kier alpha value is -2.27. The van der Waals surface area contributed by atoms with Gasteiger partial charge in [0.2, 0.25) is 0 Å². The largest absolute Gasteiger partial charge is 0.495 e. The van der Waals surface area contributed by atoms with Crippen LogP contribution in [0.4, 0.5) is 11.4 Å². The maximum absolute atomic E-state index is 12.5. The van der Waals surface area contributed by atoms with Crippen LogP contribution in [0.15, 0.2) is 30.5 Å². The average molecular weight is 374 g/mol. The van der Waals surface area contributed by atoms with Gasteiger partial charge in [0.25, 0.3) is 5.91 Å². The molecule has 1 aliphatic rings. The van der Waals surface area contributed by atoms with Crippen LogP contribution in [0.5, 0.6) is 5.75 Å². The number of methoxy groups -OCH3 is 1. The van der Waals surface area contributed by atoms with Gasteiger partial charge in [0, 0.05) is 24.2 Å². The number of nitrogens with zero attached hydrogens (tertiary/aromatic N) is 2. The fourth-order valence-corrected chi connectivity index (χ4v) is 3.24. The number of aromatic nitrogens is 1. The van der Waals surface area contributed by atoms with Crippen molar-refractivity contribution in [3.63, 3.8) is 0 Å². The van der Waals surface area contributed by atoms with Crippen molar-refractivity contribution in [2.75, 3.05) is 30.4 Å². The van der Waals surface area contributed by atoms with Gasteiger partial charge < -0.3 is 15.0 Å². The van der Waals surface area contributed by atoms with Crippen molar-refractivity contribution >= 4 is 28.9 Å². The van der Waals surface area contributed by atoms with E-state index >= 15 is 0 Å². The Kier molecular flexibility index (Phi) is 5.67. The molecule has 1 N–H and O–H groups in total. The van der Waals surface area contributed by atoms with Crippen molar-refractivity contribution in [1.29, 1.82) is 0 Å². The minimum absolute atomic E-state index is 0.274. The van der Waals surface area contributed by atoms with Gasteiger partial charge >= 0.3 is 0 Å². The second-order valence-electron chi connectivity index (χ2n) is 6.83. The zero-order valence-corrected chi connectivity index (χ0v) is 16.1. The first-order valence-corrected chi connectivity index (χ1v) is 9.22. The van der Waals surface area contributed by atoms with Gasteiger partial charge in [-0.3, -0.25) is 4.79 Å². The molecule has 6 heteroatoms. The van der Waals surface area contributed by atoms with Crippen LogP contribution in [0.1, 0.15) is 35.8 Å². The van der Waals surface area contributed by atoms with Crippen LogP contribution in [0.3, 0.4) is 0 Å². The first kappa shape index (κ1) is 18.5. The molecule has 3 rings (SSSR count). The van der Waals surface area contributed by atoms with E-state index in [4.69, 9.17) is 16.3 Å². The van der Waals surface area contributed by atoms with E-state index in [-0.39, 0.29) is 5.91 Å². The fraction of sp³-hybridized carbons (Fsp3) is 0.400. The number of piperidine rings is 1. The number of rotatable bonds is 4. The highest BCUT2D eigenvalue weighted by Crippen LogP contribution is 2.31. The Bertz CT molecular complexity index is 784. The number of anilines is 2. The number of ether oxygens (including phenoxy) is 1. The molecule has 0 atom stereocenters. The molecular weight excluding hydrogens is 350 g/mol. The lowest BCUT2D eigenvalue weighted by Crippen LogP contribution is -2.32. The summed E-state index contributed by atoms with van der Waals surface area (Å²) in [5, 5.41) is 3.45. The molecule has 2 heterocycles. The minimum atomic E-state index is -0.274. The van der Waals surface area contributed by atoms with Crippen molar-refractivity contribution in [2.24, 2.45) is 5.92 Å². The number of carbonyl (C=O) groups excluding carboxylic acids is 1. The van der Waals surface area contributed by atoms with Crippen molar-refractivity contribution in [2.45, 2.75) is 26.7 Å². The number of halogens is 1. The first-order chi connectivity index (χ1) is 12.5. The third-order valence-electron chi connectivity index (χ3n) is 4.86. The summed E-state index contributed by atoms with van der Waals surface area (Å²) in [5.41, 5.74) is 2.88. The molecule has 1 aromatic carbocycles. The maximum Gasteiger partial charge on any atom is 0.274 e. The number of carbonyl (C=O) groups is 1. The summed E-state index contributed by atoms with van der Waals surface area (Å²) < 4.78 is 5.30. The van der Waals surface area contributed by atoms with Crippen LogP contribution in [-0.2, 0) is 0 Å². The molecule has 1 fully saturated rings. The fourth-order valence-electron chi connectivity index (χ4n) is 3.09. The third-order valence-corrected chi connectivity index (χ3v) is 5.27. The SMILES string of the molecule is COc1cc(Cl)c(C)cc1NC(=O)c1ccc(N2CCC(C)CC2)cn1. The van der Waals surface area contributed by atoms with Crippen LogP contribution < -0.4 is 15.0 Å². The van der Waals surface area contributed by atoms with Crippen LogP contribution in [0, 0.1) is 12.8 Å². The molecule has 0 bridgehead atoms. The van der Waals surface area contributed by atoms with E-state index in [0.29, 0.717) is 22.2 Å². The third kappa shape index (κ3) is 4.10. The van der Waals surface area contributed by atoms with E-state index in [0.717, 1.165) is 30.3 Å². The second kappa shape index (κ2) is 7.96. The number of amides is 1. The van der Waals surface area contributed by atoms with Gasteiger partial charge in [0.05, 0.1) is 24.7 Å². The van der Waals surface area contributed by atoms with E-state index in [1.54, 1.807) is 31.5 Å². The molecule has 2 aromatic rings. The predicted octanol–water partition coefficient (Wildman–Crippen LogP) is 4.54. The van der Waals surface area contributed by atoms with E-state index in [9.17, 15) is 4.79 Å². The van der Waals surface area contributed by atoms with Crippen molar-refractivity contribution in [3.05, 3.63) is 46.7 Å². The standard InChI is InChI=1S/C20H24ClN3O2/c1-13-6-8-24(9-7-13)15-4-5-17(22-12-15)20(25)23-18-10-14(2)16(21)11-19(18)26-3/h4-5,10-13H,6-9H2,1-3H3,(H,23,25). The van der Waals surface area contributed by atoms with Gasteiger partial charge in [0.15, 0.2) is 0 Å². The molecule has 138 valence electrons. The second-order valence-corrected chi connectivity index (χ2v) is 7.23. The van der Waals surface area contributed by atoms with Crippen LogP contribution in [0.25, 0.3) is 0 Å². The minimum Gasteiger partial charge on any atom is -0.495 e. The zero-order valence-electron chi connectivity index (χ0n) is 15.4. The van der Waals surface area contributed by atoms with Gasteiger partial charge in [-0.1, -0.05) is 18.5 Å². The molecule has 5 nitrogen and oxygen atoms in total. The summed E-state index contributed by atoms with van der Waals surface area (Å²) in [6.07, 6.45) is 4.16. The van der Waals surface area contributed by atoms with Crippen LogP contribution in [-0.4, -0.2) is 31.1 Å². The summed E-state index contributed by atoms with van der Waals surface area (Å²) >= 11 is 6.11. The highest BCUT2D eigenvalue weighted by molar-refractivity contribution is 6.31. The molecule has 1 aromatic heterocycles.